The molecule has 0 saturated heterocycles. The SMILES string of the molecule is CC(=O)c1c2ccc(c1C(C)=O)C(=O)OOC2=O. The Morgan fingerprint density at radius 1 is 0.833 bits per heavy atom. The third-order valence-electron chi connectivity index (χ3n) is 2.54. The van der Waals surface area contributed by atoms with Gasteiger partial charge in [0.15, 0.2) is 11.6 Å². The van der Waals surface area contributed by atoms with Crippen molar-refractivity contribution in [3.05, 3.63) is 34.4 Å². The second kappa shape index (κ2) is 4.06. The molecular formula is C12H8O6. The van der Waals surface area contributed by atoms with E-state index >= 15 is 0 Å². The lowest BCUT2D eigenvalue weighted by Crippen LogP contribution is -2.24. The highest BCUT2D eigenvalue weighted by Crippen LogP contribution is 2.25. The smallest absolute Gasteiger partial charge is 0.294 e. The molecule has 2 bridgehead atoms. The Hall–Kier alpha value is -2.50. The fourth-order valence-electron chi connectivity index (χ4n) is 1.84. The highest BCUT2D eigenvalue weighted by Gasteiger charge is 2.31. The van der Waals surface area contributed by atoms with Crippen LogP contribution in [0.15, 0.2) is 12.1 Å². The summed E-state index contributed by atoms with van der Waals surface area (Å²) >= 11 is 0. The number of hydrogen-bond donors (Lipinski definition) is 0. The van der Waals surface area contributed by atoms with E-state index in [1.54, 1.807) is 0 Å². The van der Waals surface area contributed by atoms with E-state index in [4.69, 9.17) is 0 Å². The van der Waals surface area contributed by atoms with Crippen LogP contribution in [-0.2, 0) is 9.78 Å². The predicted molar refractivity (Wildman–Crippen MR) is 57.3 cm³/mol. The Kier molecular flexibility index (Phi) is 2.70. The highest BCUT2D eigenvalue weighted by molar-refractivity contribution is 6.18. The van der Waals surface area contributed by atoms with Crippen molar-refractivity contribution in [3.63, 3.8) is 0 Å². The van der Waals surface area contributed by atoms with Gasteiger partial charge >= 0.3 is 11.9 Å². The Bertz CT molecular complexity index is 546. The molecule has 2 aliphatic heterocycles. The minimum atomic E-state index is -0.984. The first-order chi connectivity index (χ1) is 8.43. The summed E-state index contributed by atoms with van der Waals surface area (Å²) in [5.74, 6) is -2.96. The van der Waals surface area contributed by atoms with E-state index in [-0.39, 0.29) is 22.3 Å². The summed E-state index contributed by atoms with van der Waals surface area (Å²) in [4.78, 5) is 54.8. The number of fused-ring (bicyclic) bond motifs is 5. The third-order valence-corrected chi connectivity index (χ3v) is 2.54. The molecule has 0 aliphatic carbocycles. The normalized spacial score (nSPS) is 13.4. The summed E-state index contributed by atoms with van der Waals surface area (Å²) in [6, 6.07) is 2.53. The van der Waals surface area contributed by atoms with Crippen molar-refractivity contribution < 1.29 is 29.0 Å². The van der Waals surface area contributed by atoms with Crippen LogP contribution in [-0.4, -0.2) is 23.5 Å². The van der Waals surface area contributed by atoms with E-state index in [9.17, 15) is 19.2 Å². The van der Waals surface area contributed by atoms with E-state index in [0.717, 1.165) is 0 Å². The van der Waals surface area contributed by atoms with Gasteiger partial charge in [0.1, 0.15) is 0 Å². The Labute approximate surface area is 101 Å². The molecule has 6 nitrogen and oxygen atoms in total. The topological polar surface area (TPSA) is 86.7 Å². The van der Waals surface area contributed by atoms with Crippen LogP contribution in [0.1, 0.15) is 55.3 Å². The zero-order chi connectivity index (χ0) is 13.4. The molecule has 0 N–H and O–H groups in total. The molecule has 0 unspecified atom stereocenters. The summed E-state index contributed by atoms with van der Waals surface area (Å²) in [6.45, 7) is 2.41. The molecule has 1 aromatic carbocycles. The molecule has 18 heavy (non-hydrogen) atoms. The quantitative estimate of drug-likeness (QED) is 0.579. The first-order valence-corrected chi connectivity index (χ1v) is 5.05. The van der Waals surface area contributed by atoms with Crippen LogP contribution in [0.2, 0.25) is 0 Å². The molecule has 0 radical (unpaired) electrons. The number of carbonyl (C=O) groups is 4. The van der Waals surface area contributed by atoms with Crippen LogP contribution >= 0.6 is 0 Å². The van der Waals surface area contributed by atoms with Crippen molar-refractivity contribution in [1.29, 1.82) is 0 Å². The van der Waals surface area contributed by atoms with Gasteiger partial charge in [-0.2, -0.15) is 0 Å². The van der Waals surface area contributed by atoms with Gasteiger partial charge < -0.3 is 0 Å². The van der Waals surface area contributed by atoms with Gasteiger partial charge in [0.25, 0.3) is 0 Å². The molecule has 3 rings (SSSR count). The Balaban J connectivity index is 2.91. The van der Waals surface area contributed by atoms with E-state index in [2.05, 4.69) is 9.78 Å². The lowest BCUT2D eigenvalue weighted by Gasteiger charge is -2.16. The van der Waals surface area contributed by atoms with Gasteiger partial charge in [-0.15, -0.1) is 0 Å². The highest BCUT2D eigenvalue weighted by atomic mass is 17.2. The predicted octanol–water partition coefficient (Wildman–Crippen LogP) is 1.33. The van der Waals surface area contributed by atoms with Crippen molar-refractivity contribution in [2.24, 2.45) is 0 Å². The van der Waals surface area contributed by atoms with Gasteiger partial charge in [0.05, 0.1) is 11.1 Å². The molecule has 0 atom stereocenters. The number of carbonyl (C=O) groups excluding carboxylic acids is 4. The van der Waals surface area contributed by atoms with E-state index < -0.39 is 23.5 Å². The molecule has 1 aromatic rings. The van der Waals surface area contributed by atoms with Crippen LogP contribution in [0.3, 0.4) is 0 Å². The van der Waals surface area contributed by atoms with Crippen molar-refractivity contribution >= 4 is 23.5 Å². The molecular weight excluding hydrogens is 240 g/mol. The van der Waals surface area contributed by atoms with Crippen LogP contribution in [0.25, 0.3) is 0 Å². The number of rotatable bonds is 2. The minimum absolute atomic E-state index is 0.0936. The third kappa shape index (κ3) is 1.67. The van der Waals surface area contributed by atoms with Gasteiger partial charge in [0, 0.05) is 11.1 Å². The van der Waals surface area contributed by atoms with Crippen LogP contribution in [0, 0.1) is 0 Å². The van der Waals surface area contributed by atoms with Crippen LogP contribution < -0.4 is 0 Å². The molecule has 92 valence electrons. The van der Waals surface area contributed by atoms with Crippen LogP contribution in [0.4, 0.5) is 0 Å². The van der Waals surface area contributed by atoms with Gasteiger partial charge in [-0.1, -0.05) is 0 Å². The largest absolute Gasteiger partial charge is 0.387 e. The van der Waals surface area contributed by atoms with E-state index in [1.165, 1.54) is 26.0 Å². The molecule has 0 amide bonds. The zero-order valence-electron chi connectivity index (χ0n) is 9.60. The maximum atomic E-state index is 11.6. The van der Waals surface area contributed by atoms with Gasteiger partial charge in [-0.3, -0.25) is 9.59 Å². The summed E-state index contributed by atoms with van der Waals surface area (Å²) in [5, 5.41) is 0. The number of Topliss-reactive ketones (excluding diaryl/α,β-unsaturated/α-hetero) is 2. The Morgan fingerprint density at radius 2 is 1.17 bits per heavy atom. The number of hydrogen-bond acceptors (Lipinski definition) is 6. The fourth-order valence-corrected chi connectivity index (χ4v) is 1.84. The van der Waals surface area contributed by atoms with E-state index in [0.29, 0.717) is 0 Å². The minimum Gasteiger partial charge on any atom is -0.294 e. The summed E-state index contributed by atoms with van der Waals surface area (Å²) in [6.07, 6.45) is 0. The van der Waals surface area contributed by atoms with Gasteiger partial charge in [-0.05, 0) is 26.0 Å². The second-order valence-corrected chi connectivity index (χ2v) is 3.76. The molecule has 6 heteroatoms. The first kappa shape index (κ1) is 12.0. The second-order valence-electron chi connectivity index (χ2n) is 3.76. The Morgan fingerprint density at radius 3 is 1.44 bits per heavy atom. The lowest BCUT2D eigenvalue weighted by molar-refractivity contribution is -0.188. The summed E-state index contributed by atoms with van der Waals surface area (Å²) in [5.41, 5.74) is -0.406. The van der Waals surface area contributed by atoms with E-state index in [1.807, 2.05) is 0 Å². The summed E-state index contributed by atoms with van der Waals surface area (Å²) in [7, 11) is 0. The standard InChI is InChI=1S/C12H8O6/c1-5(13)9-7-3-4-8(10(9)6(2)14)12(16)18-17-11(7)15/h3-4H,1-2H3. The van der Waals surface area contributed by atoms with Crippen molar-refractivity contribution in [2.75, 3.05) is 0 Å². The average molecular weight is 248 g/mol. The summed E-state index contributed by atoms with van der Waals surface area (Å²) < 4.78 is 0. The maximum Gasteiger partial charge on any atom is 0.387 e. The van der Waals surface area contributed by atoms with Gasteiger partial charge in [-0.25, -0.2) is 19.4 Å². The first-order valence-electron chi connectivity index (χ1n) is 5.05. The molecule has 0 aromatic heterocycles. The molecule has 0 saturated carbocycles. The lowest BCUT2D eigenvalue weighted by atomic mass is 9.91. The van der Waals surface area contributed by atoms with Crippen molar-refractivity contribution in [3.8, 4) is 0 Å². The van der Waals surface area contributed by atoms with Crippen molar-refractivity contribution in [2.45, 2.75) is 13.8 Å². The van der Waals surface area contributed by atoms with Crippen molar-refractivity contribution in [1.82, 2.24) is 0 Å². The number of ketones is 2. The fraction of sp³-hybridized carbons (Fsp3) is 0.167. The van der Waals surface area contributed by atoms with Crippen LogP contribution in [0.5, 0.6) is 0 Å². The molecule has 2 aliphatic rings. The molecule has 0 fully saturated rings. The molecule has 2 heterocycles. The molecule has 0 spiro atoms. The maximum absolute atomic E-state index is 11.6. The monoisotopic (exact) mass is 248 g/mol. The zero-order valence-corrected chi connectivity index (χ0v) is 9.60. The van der Waals surface area contributed by atoms with Gasteiger partial charge in [0.2, 0.25) is 0 Å². The number of benzene rings is 1. The average Bonchev–Trinajstić information content (AvgIpc) is 2.31.